The number of hydrogen-bond donors (Lipinski definition) is 1. The third-order valence-corrected chi connectivity index (χ3v) is 4.55. The first-order valence-corrected chi connectivity index (χ1v) is 9.10. The van der Waals surface area contributed by atoms with Gasteiger partial charge in [-0.25, -0.2) is 22.8 Å². The van der Waals surface area contributed by atoms with E-state index in [1.807, 2.05) is 0 Å². The van der Waals surface area contributed by atoms with Crippen molar-refractivity contribution in [2.24, 2.45) is 0 Å². The number of esters is 1. The Hall–Kier alpha value is -3.49. The average Bonchev–Trinajstić information content (AvgIpc) is 2.70. The molecular weight excluding hydrogens is 401 g/mol. The molecular formula is C21H19F3N2O4. The second-order valence-electron chi connectivity index (χ2n) is 6.41. The standard InChI is InChI=1S/C21H19F3N2O4/c1-3-29-20(27)18-16(11-30-17-9-8-12(22)10-15(17)24)26(2)21(28)25-19(18)13-6-4-5-7-14(13)23/h4-10,19H,3,11H2,1-2H3,(H,25,28). The van der Waals surface area contributed by atoms with Crippen LogP contribution in [0.5, 0.6) is 5.75 Å². The molecule has 1 N–H and O–H groups in total. The lowest BCUT2D eigenvalue weighted by Gasteiger charge is -2.34. The summed E-state index contributed by atoms with van der Waals surface area (Å²) < 4.78 is 52.0. The van der Waals surface area contributed by atoms with Gasteiger partial charge in [0.05, 0.1) is 23.9 Å². The first-order valence-electron chi connectivity index (χ1n) is 9.10. The van der Waals surface area contributed by atoms with Gasteiger partial charge in [0.15, 0.2) is 11.6 Å². The summed E-state index contributed by atoms with van der Waals surface area (Å²) >= 11 is 0. The van der Waals surface area contributed by atoms with Crippen molar-refractivity contribution in [3.8, 4) is 5.75 Å². The largest absolute Gasteiger partial charge is 0.484 e. The Bertz CT molecular complexity index is 1010. The Morgan fingerprint density at radius 3 is 2.53 bits per heavy atom. The highest BCUT2D eigenvalue weighted by molar-refractivity contribution is 5.95. The smallest absolute Gasteiger partial charge is 0.338 e. The fourth-order valence-electron chi connectivity index (χ4n) is 3.06. The minimum atomic E-state index is -1.13. The van der Waals surface area contributed by atoms with Crippen molar-refractivity contribution < 1.29 is 32.2 Å². The molecule has 2 amide bonds. The van der Waals surface area contributed by atoms with E-state index in [1.165, 1.54) is 25.2 Å². The molecule has 30 heavy (non-hydrogen) atoms. The fourth-order valence-corrected chi connectivity index (χ4v) is 3.06. The lowest BCUT2D eigenvalue weighted by molar-refractivity contribution is -0.139. The lowest BCUT2D eigenvalue weighted by atomic mass is 9.94. The van der Waals surface area contributed by atoms with Gasteiger partial charge in [-0.05, 0) is 25.1 Å². The molecule has 0 saturated carbocycles. The van der Waals surface area contributed by atoms with Gasteiger partial charge >= 0.3 is 12.0 Å². The van der Waals surface area contributed by atoms with E-state index in [0.717, 1.165) is 17.0 Å². The van der Waals surface area contributed by atoms with Crippen molar-refractivity contribution in [2.75, 3.05) is 20.3 Å². The quantitative estimate of drug-likeness (QED) is 0.724. The average molecular weight is 420 g/mol. The van der Waals surface area contributed by atoms with Gasteiger partial charge in [-0.15, -0.1) is 0 Å². The minimum absolute atomic E-state index is 0.0463. The maximum absolute atomic E-state index is 14.4. The number of carbonyl (C=O) groups excluding carboxylic acids is 2. The van der Waals surface area contributed by atoms with Gasteiger partial charge in [-0.3, -0.25) is 4.90 Å². The number of urea groups is 1. The number of likely N-dealkylation sites (N-methyl/N-ethyl adjacent to an activating group) is 1. The number of nitrogens with one attached hydrogen (secondary N) is 1. The van der Waals surface area contributed by atoms with Gasteiger partial charge in [-0.1, -0.05) is 18.2 Å². The van der Waals surface area contributed by atoms with E-state index in [4.69, 9.17) is 9.47 Å². The van der Waals surface area contributed by atoms with Gasteiger partial charge in [0, 0.05) is 18.7 Å². The molecule has 158 valence electrons. The summed E-state index contributed by atoms with van der Waals surface area (Å²) in [4.78, 5) is 26.3. The van der Waals surface area contributed by atoms with Gasteiger partial charge in [-0.2, -0.15) is 0 Å². The van der Waals surface area contributed by atoms with Crippen molar-refractivity contribution in [3.05, 3.63) is 76.7 Å². The van der Waals surface area contributed by atoms with Crippen LogP contribution in [0.15, 0.2) is 53.7 Å². The van der Waals surface area contributed by atoms with E-state index in [1.54, 1.807) is 13.0 Å². The maximum atomic E-state index is 14.4. The van der Waals surface area contributed by atoms with Gasteiger partial charge in [0.2, 0.25) is 0 Å². The topological polar surface area (TPSA) is 67.9 Å². The number of ether oxygens (including phenoxy) is 2. The highest BCUT2D eigenvalue weighted by atomic mass is 19.1. The summed E-state index contributed by atoms with van der Waals surface area (Å²) in [6.45, 7) is 1.24. The monoisotopic (exact) mass is 420 g/mol. The van der Waals surface area contributed by atoms with E-state index in [2.05, 4.69) is 5.32 Å². The van der Waals surface area contributed by atoms with Crippen LogP contribution in [0, 0.1) is 17.5 Å². The van der Waals surface area contributed by atoms with Crippen molar-refractivity contribution in [3.63, 3.8) is 0 Å². The fraction of sp³-hybridized carbons (Fsp3) is 0.238. The van der Waals surface area contributed by atoms with Crippen molar-refractivity contribution in [1.82, 2.24) is 10.2 Å². The molecule has 2 aromatic carbocycles. The third-order valence-electron chi connectivity index (χ3n) is 4.55. The van der Waals surface area contributed by atoms with E-state index < -0.39 is 42.1 Å². The highest BCUT2D eigenvalue weighted by Crippen LogP contribution is 2.32. The molecule has 9 heteroatoms. The molecule has 0 spiro atoms. The summed E-state index contributed by atoms with van der Waals surface area (Å²) in [5.41, 5.74) is 0.0770. The van der Waals surface area contributed by atoms with Crippen molar-refractivity contribution in [1.29, 1.82) is 0 Å². The normalized spacial score (nSPS) is 16.4. The van der Waals surface area contributed by atoms with Gasteiger partial charge in [0.1, 0.15) is 18.2 Å². The number of halogens is 3. The molecule has 6 nitrogen and oxygen atoms in total. The molecule has 1 heterocycles. The maximum Gasteiger partial charge on any atom is 0.338 e. The second-order valence-corrected chi connectivity index (χ2v) is 6.41. The van der Waals surface area contributed by atoms with E-state index in [9.17, 15) is 22.8 Å². The zero-order chi connectivity index (χ0) is 21.8. The van der Waals surface area contributed by atoms with E-state index >= 15 is 0 Å². The van der Waals surface area contributed by atoms with Crippen molar-refractivity contribution >= 4 is 12.0 Å². The number of rotatable bonds is 6. The molecule has 1 unspecified atom stereocenters. The van der Waals surface area contributed by atoms with Crippen LogP contribution in [0.1, 0.15) is 18.5 Å². The number of amides is 2. The third kappa shape index (κ3) is 4.24. The van der Waals surface area contributed by atoms with Crippen LogP contribution in [0.3, 0.4) is 0 Å². The van der Waals surface area contributed by atoms with Crippen LogP contribution < -0.4 is 10.1 Å². The van der Waals surface area contributed by atoms with Crippen LogP contribution in [-0.4, -0.2) is 37.2 Å². The summed E-state index contributed by atoms with van der Waals surface area (Å²) in [6, 6.07) is 6.68. The zero-order valence-electron chi connectivity index (χ0n) is 16.2. The Balaban J connectivity index is 2.06. The Labute approximate surface area is 170 Å². The summed E-state index contributed by atoms with van der Waals surface area (Å²) in [5.74, 6) is -3.40. The predicted octanol–water partition coefficient (Wildman–Crippen LogP) is 3.70. The summed E-state index contributed by atoms with van der Waals surface area (Å²) in [6.07, 6.45) is 0. The number of carbonyl (C=O) groups is 2. The highest BCUT2D eigenvalue weighted by Gasteiger charge is 2.38. The van der Waals surface area contributed by atoms with E-state index in [-0.39, 0.29) is 29.2 Å². The molecule has 2 aromatic rings. The van der Waals surface area contributed by atoms with Crippen LogP contribution in [0.4, 0.5) is 18.0 Å². The molecule has 1 atom stereocenters. The Morgan fingerprint density at radius 1 is 1.13 bits per heavy atom. The SMILES string of the molecule is CCOC(=O)C1=C(COc2ccc(F)cc2F)N(C)C(=O)NC1c1ccccc1F. The first-order chi connectivity index (χ1) is 14.3. The number of benzene rings is 2. The molecule has 0 fully saturated rings. The molecule has 0 saturated heterocycles. The second kappa shape index (κ2) is 8.89. The molecule has 0 radical (unpaired) electrons. The summed E-state index contributed by atoms with van der Waals surface area (Å²) in [5, 5.41) is 2.57. The Morgan fingerprint density at radius 2 is 1.87 bits per heavy atom. The molecule has 0 bridgehead atoms. The van der Waals surface area contributed by atoms with Gasteiger partial charge in [0.25, 0.3) is 0 Å². The Kier molecular flexibility index (Phi) is 6.29. The molecule has 0 aromatic heterocycles. The zero-order valence-corrected chi connectivity index (χ0v) is 16.2. The van der Waals surface area contributed by atoms with Crippen molar-refractivity contribution in [2.45, 2.75) is 13.0 Å². The number of hydrogen-bond acceptors (Lipinski definition) is 4. The molecule has 0 aliphatic carbocycles. The molecule has 3 rings (SSSR count). The van der Waals surface area contributed by atoms with Crippen LogP contribution in [0.2, 0.25) is 0 Å². The van der Waals surface area contributed by atoms with Crippen LogP contribution in [-0.2, 0) is 9.53 Å². The first kappa shape index (κ1) is 21.2. The molecule has 1 aliphatic rings. The predicted molar refractivity (Wildman–Crippen MR) is 101 cm³/mol. The molecule has 1 aliphatic heterocycles. The summed E-state index contributed by atoms with van der Waals surface area (Å²) in [7, 11) is 1.38. The minimum Gasteiger partial charge on any atom is -0.484 e. The lowest BCUT2D eigenvalue weighted by Crippen LogP contribution is -2.48. The van der Waals surface area contributed by atoms with Crippen LogP contribution >= 0.6 is 0 Å². The van der Waals surface area contributed by atoms with Crippen LogP contribution in [0.25, 0.3) is 0 Å². The van der Waals surface area contributed by atoms with Gasteiger partial charge < -0.3 is 14.8 Å². The number of nitrogens with zero attached hydrogens (tertiary/aromatic N) is 1. The van der Waals surface area contributed by atoms with E-state index in [0.29, 0.717) is 6.07 Å².